The van der Waals surface area contributed by atoms with Crippen molar-refractivity contribution in [2.24, 2.45) is 0 Å². The molecule has 3 aromatic heterocycles. The molecule has 0 aliphatic heterocycles. The fourth-order valence-corrected chi connectivity index (χ4v) is 2.18. The summed E-state index contributed by atoms with van der Waals surface area (Å²) < 4.78 is 2.03. The van der Waals surface area contributed by atoms with E-state index in [4.69, 9.17) is 0 Å². The molecule has 3 heteroatoms. The Labute approximate surface area is 85.5 Å². The maximum atomic E-state index is 4.21. The van der Waals surface area contributed by atoms with Crippen molar-refractivity contribution < 1.29 is 0 Å². The molecule has 3 rings (SSSR count). The van der Waals surface area contributed by atoms with E-state index < -0.39 is 0 Å². The van der Waals surface area contributed by atoms with Crippen LogP contribution in [0.25, 0.3) is 16.8 Å². The second kappa shape index (κ2) is 2.96. The van der Waals surface area contributed by atoms with Crippen LogP contribution in [0.5, 0.6) is 0 Å². The first-order valence-electron chi connectivity index (χ1n) is 4.39. The highest BCUT2D eigenvalue weighted by atomic mass is 32.1. The molecule has 0 amide bonds. The van der Waals surface area contributed by atoms with Crippen molar-refractivity contribution in [2.45, 2.75) is 0 Å². The third-order valence-corrected chi connectivity index (χ3v) is 2.93. The Balaban J connectivity index is 2.23. The maximum absolute atomic E-state index is 4.21. The fraction of sp³-hybridized carbons (Fsp3) is 0. The van der Waals surface area contributed by atoms with Crippen LogP contribution in [0.1, 0.15) is 0 Å². The van der Waals surface area contributed by atoms with E-state index in [9.17, 15) is 0 Å². The lowest BCUT2D eigenvalue weighted by atomic mass is 10.1. The molecule has 0 unspecified atom stereocenters. The van der Waals surface area contributed by atoms with Gasteiger partial charge in [0.2, 0.25) is 0 Å². The first-order valence-corrected chi connectivity index (χ1v) is 5.33. The molecule has 0 radical (unpaired) electrons. The summed E-state index contributed by atoms with van der Waals surface area (Å²) in [5.74, 6) is 0. The highest BCUT2D eigenvalue weighted by Gasteiger charge is 1.99. The van der Waals surface area contributed by atoms with E-state index in [0.717, 1.165) is 5.65 Å². The average molecular weight is 200 g/mol. The number of hydrogen-bond donors (Lipinski definition) is 0. The minimum absolute atomic E-state index is 0.990. The first-order chi connectivity index (χ1) is 6.93. The van der Waals surface area contributed by atoms with Crippen LogP contribution in [0.3, 0.4) is 0 Å². The van der Waals surface area contributed by atoms with E-state index in [1.165, 1.54) is 11.1 Å². The third kappa shape index (κ3) is 1.14. The standard InChI is InChI=1S/C11H8N2S/c1-2-11-12-4-5-13(11)7-9(1)10-3-6-14-8-10/h1-8H. The molecule has 0 atom stereocenters. The number of nitrogens with zero attached hydrogens (tertiary/aromatic N) is 2. The van der Waals surface area contributed by atoms with Crippen LogP contribution < -0.4 is 0 Å². The summed E-state index contributed by atoms with van der Waals surface area (Å²) in [5.41, 5.74) is 3.49. The fourth-order valence-electron chi connectivity index (χ4n) is 1.52. The van der Waals surface area contributed by atoms with Crippen molar-refractivity contribution in [1.82, 2.24) is 9.38 Å². The number of aromatic nitrogens is 2. The van der Waals surface area contributed by atoms with Gasteiger partial charge >= 0.3 is 0 Å². The Kier molecular flexibility index (Phi) is 1.64. The summed E-state index contributed by atoms with van der Waals surface area (Å²) >= 11 is 1.72. The van der Waals surface area contributed by atoms with Gasteiger partial charge < -0.3 is 4.40 Å². The van der Waals surface area contributed by atoms with Crippen LogP contribution in [0, 0.1) is 0 Å². The van der Waals surface area contributed by atoms with Gasteiger partial charge in [-0.3, -0.25) is 0 Å². The van der Waals surface area contributed by atoms with E-state index in [1.54, 1.807) is 11.3 Å². The lowest BCUT2D eigenvalue weighted by molar-refractivity contribution is 1.19. The highest BCUT2D eigenvalue weighted by molar-refractivity contribution is 7.08. The van der Waals surface area contributed by atoms with Crippen LogP contribution in [0.2, 0.25) is 0 Å². The molecule has 0 aromatic carbocycles. The van der Waals surface area contributed by atoms with Gasteiger partial charge in [-0.2, -0.15) is 11.3 Å². The minimum atomic E-state index is 0.990. The lowest BCUT2D eigenvalue weighted by Gasteiger charge is -1.98. The molecule has 68 valence electrons. The zero-order valence-corrected chi connectivity index (χ0v) is 8.24. The minimum Gasteiger partial charge on any atom is -0.306 e. The van der Waals surface area contributed by atoms with Gasteiger partial charge in [0.25, 0.3) is 0 Å². The van der Waals surface area contributed by atoms with Crippen LogP contribution in [-0.4, -0.2) is 9.38 Å². The molecule has 0 saturated carbocycles. The Morgan fingerprint density at radius 1 is 1.14 bits per heavy atom. The SMILES string of the molecule is c1cn2cc(-c3ccsc3)ccc2n1. The smallest absolute Gasteiger partial charge is 0.136 e. The van der Waals surface area contributed by atoms with Gasteiger partial charge in [0, 0.05) is 18.6 Å². The largest absolute Gasteiger partial charge is 0.306 e. The van der Waals surface area contributed by atoms with Crippen molar-refractivity contribution in [1.29, 1.82) is 0 Å². The summed E-state index contributed by atoms with van der Waals surface area (Å²) in [6.45, 7) is 0. The first kappa shape index (κ1) is 7.76. The van der Waals surface area contributed by atoms with E-state index in [1.807, 2.05) is 22.9 Å². The van der Waals surface area contributed by atoms with Gasteiger partial charge in [0.1, 0.15) is 5.65 Å². The zero-order valence-electron chi connectivity index (χ0n) is 7.42. The summed E-state index contributed by atoms with van der Waals surface area (Å²) in [6.07, 6.45) is 5.88. The molecule has 0 fully saturated rings. The highest BCUT2D eigenvalue weighted by Crippen LogP contribution is 2.21. The van der Waals surface area contributed by atoms with Gasteiger partial charge in [-0.05, 0) is 40.1 Å². The van der Waals surface area contributed by atoms with Gasteiger partial charge in [0.05, 0.1) is 0 Å². The van der Waals surface area contributed by atoms with Gasteiger partial charge in [-0.1, -0.05) is 0 Å². The topological polar surface area (TPSA) is 17.3 Å². The van der Waals surface area contributed by atoms with Crippen molar-refractivity contribution in [3.05, 3.63) is 47.5 Å². The summed E-state index contributed by atoms with van der Waals surface area (Å²) in [4.78, 5) is 4.21. The van der Waals surface area contributed by atoms with E-state index >= 15 is 0 Å². The van der Waals surface area contributed by atoms with Gasteiger partial charge in [0.15, 0.2) is 0 Å². The van der Waals surface area contributed by atoms with E-state index in [0.29, 0.717) is 0 Å². The Morgan fingerprint density at radius 3 is 3.00 bits per heavy atom. The molecule has 0 aliphatic rings. The van der Waals surface area contributed by atoms with Crippen LogP contribution >= 0.6 is 11.3 Å². The van der Waals surface area contributed by atoms with E-state index in [2.05, 4.69) is 34.1 Å². The monoisotopic (exact) mass is 200 g/mol. The molecular formula is C11H8N2S. The number of imidazole rings is 1. The molecular weight excluding hydrogens is 192 g/mol. The predicted octanol–water partition coefficient (Wildman–Crippen LogP) is 3.06. The van der Waals surface area contributed by atoms with Crippen molar-refractivity contribution >= 4 is 17.0 Å². The molecule has 0 aliphatic carbocycles. The van der Waals surface area contributed by atoms with Crippen LogP contribution in [0.4, 0.5) is 0 Å². The van der Waals surface area contributed by atoms with Crippen LogP contribution in [0.15, 0.2) is 47.5 Å². The van der Waals surface area contributed by atoms with E-state index in [-0.39, 0.29) is 0 Å². The summed E-state index contributed by atoms with van der Waals surface area (Å²) in [6, 6.07) is 6.26. The lowest BCUT2D eigenvalue weighted by Crippen LogP contribution is -1.83. The molecule has 0 bridgehead atoms. The van der Waals surface area contributed by atoms with Crippen molar-refractivity contribution in [3.8, 4) is 11.1 Å². The number of hydrogen-bond acceptors (Lipinski definition) is 2. The Hall–Kier alpha value is -1.61. The molecule has 2 nitrogen and oxygen atoms in total. The second-order valence-electron chi connectivity index (χ2n) is 3.12. The maximum Gasteiger partial charge on any atom is 0.136 e. The van der Waals surface area contributed by atoms with Crippen molar-refractivity contribution in [3.63, 3.8) is 0 Å². The number of pyridine rings is 1. The number of thiophene rings is 1. The normalized spacial score (nSPS) is 10.9. The quantitative estimate of drug-likeness (QED) is 0.590. The molecule has 0 saturated heterocycles. The average Bonchev–Trinajstić information content (AvgIpc) is 2.88. The number of rotatable bonds is 1. The zero-order chi connectivity index (χ0) is 9.38. The third-order valence-electron chi connectivity index (χ3n) is 2.24. The molecule has 3 aromatic rings. The van der Waals surface area contributed by atoms with Gasteiger partial charge in [-0.15, -0.1) is 0 Å². The van der Waals surface area contributed by atoms with Crippen molar-refractivity contribution in [2.75, 3.05) is 0 Å². The molecule has 0 N–H and O–H groups in total. The Morgan fingerprint density at radius 2 is 2.14 bits per heavy atom. The summed E-state index contributed by atoms with van der Waals surface area (Å²) in [7, 11) is 0. The summed E-state index contributed by atoms with van der Waals surface area (Å²) in [5, 5.41) is 4.24. The molecule has 0 spiro atoms. The molecule has 14 heavy (non-hydrogen) atoms. The van der Waals surface area contributed by atoms with Crippen LogP contribution in [-0.2, 0) is 0 Å². The predicted molar refractivity (Wildman–Crippen MR) is 58.5 cm³/mol. The molecule has 3 heterocycles. The van der Waals surface area contributed by atoms with Gasteiger partial charge in [-0.25, -0.2) is 4.98 Å². The second-order valence-corrected chi connectivity index (χ2v) is 3.90. The number of fused-ring (bicyclic) bond motifs is 1. The Bertz CT molecular complexity index is 551.